The van der Waals surface area contributed by atoms with Crippen LogP contribution in [0.4, 0.5) is 0 Å². The average molecular weight is 487 g/mol. The van der Waals surface area contributed by atoms with Crippen molar-refractivity contribution < 1.29 is 4.74 Å². The van der Waals surface area contributed by atoms with Crippen molar-refractivity contribution in [2.75, 3.05) is 0 Å². The zero-order valence-corrected chi connectivity index (χ0v) is 21.0. The minimum Gasteiger partial charge on any atom is -0.490 e. The first-order chi connectivity index (χ1) is 15.4. The third kappa shape index (κ3) is 5.06. The van der Waals surface area contributed by atoms with E-state index >= 15 is 0 Å². The summed E-state index contributed by atoms with van der Waals surface area (Å²) in [6.45, 7) is 8.20. The van der Waals surface area contributed by atoms with Crippen molar-refractivity contribution in [3.63, 3.8) is 0 Å². The molecule has 1 N–H and O–H groups in total. The first kappa shape index (κ1) is 24.1. The lowest BCUT2D eigenvalue weighted by atomic mass is 9.86. The van der Waals surface area contributed by atoms with E-state index in [1.54, 1.807) is 0 Å². The second-order valence-electron chi connectivity index (χ2n) is 10.1. The molecule has 0 atom stereocenters. The van der Waals surface area contributed by atoms with E-state index in [2.05, 4.69) is 71.2 Å². The van der Waals surface area contributed by atoms with E-state index in [0.717, 1.165) is 60.3 Å². The van der Waals surface area contributed by atoms with Gasteiger partial charge in [-0.25, -0.2) is 0 Å². The number of halogens is 2. The Labute approximate surface area is 207 Å². The number of fused-ring (bicyclic) bond motifs is 3. The van der Waals surface area contributed by atoms with Crippen molar-refractivity contribution in [1.82, 2.24) is 20.1 Å². The first-order valence-corrected chi connectivity index (χ1v) is 12.0. The molecular weight excluding hydrogens is 455 g/mol. The summed E-state index contributed by atoms with van der Waals surface area (Å²) >= 11 is 6.25. The van der Waals surface area contributed by atoms with Gasteiger partial charge in [0, 0.05) is 17.5 Å². The van der Waals surface area contributed by atoms with E-state index < -0.39 is 0 Å². The van der Waals surface area contributed by atoms with Gasteiger partial charge in [-0.05, 0) is 72.6 Å². The van der Waals surface area contributed by atoms with Crippen LogP contribution in [0.25, 0.3) is 5.69 Å². The molecule has 2 aromatic carbocycles. The molecule has 7 heteroatoms. The average Bonchev–Trinajstić information content (AvgIpc) is 3.09. The summed E-state index contributed by atoms with van der Waals surface area (Å²) in [6, 6.07) is 14.6. The molecule has 176 valence electrons. The molecule has 1 fully saturated rings. The lowest BCUT2D eigenvalue weighted by molar-refractivity contribution is 0.144. The molecule has 3 aromatic rings. The van der Waals surface area contributed by atoms with E-state index in [4.69, 9.17) is 16.3 Å². The van der Waals surface area contributed by atoms with Crippen molar-refractivity contribution in [1.29, 1.82) is 0 Å². The summed E-state index contributed by atoms with van der Waals surface area (Å²) in [5.41, 5.74) is 3.76. The Hall–Kier alpha value is -2.08. The van der Waals surface area contributed by atoms with Gasteiger partial charge in [0.25, 0.3) is 0 Å². The number of rotatable bonds is 3. The number of benzene rings is 2. The van der Waals surface area contributed by atoms with Crippen LogP contribution < -0.4 is 10.1 Å². The Kier molecular flexibility index (Phi) is 7.04. The fourth-order valence-corrected chi connectivity index (χ4v) is 5.06. The topological polar surface area (TPSA) is 52.0 Å². The monoisotopic (exact) mass is 486 g/mol. The summed E-state index contributed by atoms with van der Waals surface area (Å²) in [6.07, 6.45) is 4.41. The van der Waals surface area contributed by atoms with Crippen molar-refractivity contribution in [3.8, 4) is 11.4 Å². The fraction of sp³-hybridized carbons (Fsp3) is 0.462. The number of hydrogen-bond acceptors (Lipinski definition) is 4. The van der Waals surface area contributed by atoms with Crippen LogP contribution in [0, 0.1) is 0 Å². The maximum absolute atomic E-state index is 6.39. The molecular formula is C26H32Cl2N4O. The van der Waals surface area contributed by atoms with Crippen LogP contribution in [0.15, 0.2) is 42.5 Å². The third-order valence-corrected chi connectivity index (χ3v) is 6.91. The molecule has 5 nitrogen and oxygen atoms in total. The molecule has 0 amide bonds. The second kappa shape index (κ2) is 9.65. The summed E-state index contributed by atoms with van der Waals surface area (Å²) in [5.74, 6) is 3.41. The number of aromatic nitrogens is 3. The van der Waals surface area contributed by atoms with Gasteiger partial charge in [0.1, 0.15) is 11.6 Å². The molecule has 2 heterocycles. The first-order valence-electron chi connectivity index (χ1n) is 11.6. The van der Waals surface area contributed by atoms with Crippen LogP contribution in [0.1, 0.15) is 75.1 Å². The summed E-state index contributed by atoms with van der Waals surface area (Å²) < 4.78 is 8.65. The van der Waals surface area contributed by atoms with Crippen LogP contribution in [0.2, 0.25) is 5.02 Å². The summed E-state index contributed by atoms with van der Waals surface area (Å²) in [7, 11) is 0. The Morgan fingerprint density at radius 3 is 2.55 bits per heavy atom. The molecule has 0 bridgehead atoms. The summed E-state index contributed by atoms with van der Waals surface area (Å²) in [4.78, 5) is 0. The van der Waals surface area contributed by atoms with Crippen LogP contribution in [0.5, 0.6) is 5.75 Å². The molecule has 0 unspecified atom stereocenters. The zero-order chi connectivity index (χ0) is 22.3. The molecule has 33 heavy (non-hydrogen) atoms. The quantitative estimate of drug-likeness (QED) is 0.468. The van der Waals surface area contributed by atoms with Gasteiger partial charge in [0.2, 0.25) is 0 Å². The minimum atomic E-state index is 0. The largest absolute Gasteiger partial charge is 0.490 e. The predicted molar refractivity (Wildman–Crippen MR) is 135 cm³/mol. The Balaban J connectivity index is 0.00000259. The summed E-state index contributed by atoms with van der Waals surface area (Å²) in [5, 5.41) is 13.4. The van der Waals surface area contributed by atoms with Gasteiger partial charge in [-0.15, -0.1) is 22.6 Å². The van der Waals surface area contributed by atoms with E-state index in [-0.39, 0.29) is 23.9 Å². The standard InChI is InChI=1S/C26H31ClN4O.ClH/c1-26(2,3)19-5-4-6-22(14-19)32-21-10-7-17(8-11-21)25-30-29-24-16-28-15-18-13-20(27)9-12-23(18)31(24)25;/h4-6,9,12-14,17,21,28H,7-8,10-11,15-16H2,1-3H3;1H/t17-,21-;. The molecule has 2 aliphatic rings. The maximum Gasteiger partial charge on any atom is 0.151 e. The van der Waals surface area contributed by atoms with Gasteiger partial charge in [-0.2, -0.15) is 0 Å². The zero-order valence-electron chi connectivity index (χ0n) is 19.5. The number of ether oxygens (including phenoxy) is 1. The molecule has 0 radical (unpaired) electrons. The van der Waals surface area contributed by atoms with E-state index in [1.165, 1.54) is 11.1 Å². The van der Waals surface area contributed by atoms with Crippen molar-refractivity contribution >= 4 is 24.0 Å². The van der Waals surface area contributed by atoms with Crippen LogP contribution in [-0.2, 0) is 18.5 Å². The van der Waals surface area contributed by atoms with E-state index in [1.807, 2.05) is 12.1 Å². The van der Waals surface area contributed by atoms with Gasteiger partial charge < -0.3 is 10.1 Å². The highest BCUT2D eigenvalue weighted by atomic mass is 35.5. The maximum atomic E-state index is 6.39. The Bertz CT molecular complexity index is 1110. The van der Waals surface area contributed by atoms with Gasteiger partial charge in [-0.3, -0.25) is 4.57 Å². The molecule has 0 saturated heterocycles. The molecule has 1 aliphatic heterocycles. The Morgan fingerprint density at radius 2 is 1.79 bits per heavy atom. The predicted octanol–water partition coefficient (Wildman–Crippen LogP) is 6.35. The molecule has 5 rings (SSSR count). The molecule has 1 saturated carbocycles. The van der Waals surface area contributed by atoms with Gasteiger partial charge in [0.15, 0.2) is 5.82 Å². The molecule has 0 spiro atoms. The smallest absolute Gasteiger partial charge is 0.151 e. The van der Waals surface area contributed by atoms with Crippen molar-refractivity contribution in [2.45, 2.75) is 77.0 Å². The highest BCUT2D eigenvalue weighted by Crippen LogP contribution is 2.37. The fourth-order valence-electron chi connectivity index (χ4n) is 4.86. The highest BCUT2D eigenvalue weighted by Gasteiger charge is 2.30. The second-order valence-corrected chi connectivity index (χ2v) is 10.5. The van der Waals surface area contributed by atoms with Crippen LogP contribution >= 0.6 is 24.0 Å². The van der Waals surface area contributed by atoms with E-state index in [0.29, 0.717) is 12.5 Å². The number of nitrogens with zero attached hydrogens (tertiary/aromatic N) is 3. The lowest BCUT2D eigenvalue weighted by Gasteiger charge is -2.29. The van der Waals surface area contributed by atoms with Crippen LogP contribution in [-0.4, -0.2) is 20.9 Å². The third-order valence-electron chi connectivity index (χ3n) is 6.68. The minimum absolute atomic E-state index is 0. The SMILES string of the molecule is CC(C)(C)c1cccc(O[C@H]2CC[C@H](c3nnc4n3-c3ccc(Cl)cc3CNC4)CC2)c1.Cl. The number of hydrogen-bond donors (Lipinski definition) is 1. The van der Waals surface area contributed by atoms with Crippen LogP contribution in [0.3, 0.4) is 0 Å². The number of nitrogens with one attached hydrogen (secondary N) is 1. The van der Waals surface area contributed by atoms with Gasteiger partial charge >= 0.3 is 0 Å². The van der Waals surface area contributed by atoms with E-state index in [9.17, 15) is 0 Å². The normalized spacial score (nSPS) is 20.2. The van der Waals surface area contributed by atoms with Crippen molar-refractivity contribution in [2.24, 2.45) is 0 Å². The highest BCUT2D eigenvalue weighted by molar-refractivity contribution is 6.30. The van der Waals surface area contributed by atoms with Crippen molar-refractivity contribution in [3.05, 3.63) is 70.3 Å². The van der Waals surface area contributed by atoms with Gasteiger partial charge in [0.05, 0.1) is 18.3 Å². The Morgan fingerprint density at radius 1 is 1.00 bits per heavy atom. The molecule has 1 aliphatic carbocycles. The molecule has 1 aromatic heterocycles. The lowest BCUT2D eigenvalue weighted by Crippen LogP contribution is -2.25. The van der Waals surface area contributed by atoms with Gasteiger partial charge in [-0.1, -0.05) is 44.5 Å².